The van der Waals surface area contributed by atoms with E-state index >= 15 is 0 Å². The van der Waals surface area contributed by atoms with E-state index in [1.165, 1.54) is 0 Å². The molecule has 1 heterocycles. The van der Waals surface area contributed by atoms with Crippen LogP contribution >= 0.6 is 0 Å². The van der Waals surface area contributed by atoms with Crippen LogP contribution in [0.25, 0.3) is 0 Å². The second-order valence-corrected chi connectivity index (χ2v) is 3.40. The van der Waals surface area contributed by atoms with Gasteiger partial charge in [0, 0.05) is 18.0 Å². The maximum absolute atomic E-state index is 11.7. The van der Waals surface area contributed by atoms with Gasteiger partial charge in [-0.15, -0.1) is 0 Å². The molecule has 0 saturated heterocycles. The smallest absolute Gasteiger partial charge is 0.268 e. The minimum atomic E-state index is -0.105. The van der Waals surface area contributed by atoms with Crippen molar-refractivity contribution in [2.24, 2.45) is 0 Å². The number of carbonyl (C=O) groups is 1. The van der Waals surface area contributed by atoms with Gasteiger partial charge in [-0.1, -0.05) is 17.7 Å². The Bertz CT molecular complexity index is 443. The number of rotatable bonds is 2. The lowest BCUT2D eigenvalue weighted by molar-refractivity contribution is 0.101. The van der Waals surface area contributed by atoms with Crippen molar-refractivity contribution >= 4 is 5.91 Å². The van der Waals surface area contributed by atoms with E-state index in [9.17, 15) is 4.79 Å². The Morgan fingerprint density at radius 1 is 1.13 bits per heavy atom. The summed E-state index contributed by atoms with van der Waals surface area (Å²) >= 11 is 0. The molecule has 0 fully saturated rings. The Kier molecular flexibility index (Phi) is 2.54. The third kappa shape index (κ3) is 2.26. The third-order valence-corrected chi connectivity index (χ3v) is 2.15. The summed E-state index contributed by atoms with van der Waals surface area (Å²) in [4.78, 5) is 11.7. The molecular weight excluding hydrogens is 188 g/mol. The quantitative estimate of drug-likeness (QED) is 0.792. The molecule has 15 heavy (non-hydrogen) atoms. The Balaban J connectivity index is 2.11. The van der Waals surface area contributed by atoms with Crippen molar-refractivity contribution in [3.63, 3.8) is 0 Å². The first-order chi connectivity index (χ1) is 7.25. The van der Waals surface area contributed by atoms with Crippen molar-refractivity contribution in [1.82, 2.24) is 4.68 Å². The number of amides is 1. The molecule has 3 nitrogen and oxygen atoms in total. The van der Waals surface area contributed by atoms with Crippen LogP contribution in [0.15, 0.2) is 48.8 Å². The fourth-order valence-corrected chi connectivity index (χ4v) is 1.30. The zero-order valence-electron chi connectivity index (χ0n) is 8.47. The van der Waals surface area contributed by atoms with E-state index in [1.54, 1.807) is 17.1 Å². The first kappa shape index (κ1) is 9.52. The van der Waals surface area contributed by atoms with Crippen molar-refractivity contribution in [2.45, 2.75) is 6.92 Å². The van der Waals surface area contributed by atoms with Crippen LogP contribution in [-0.4, -0.2) is 10.6 Å². The van der Waals surface area contributed by atoms with Crippen LogP contribution in [-0.2, 0) is 0 Å². The maximum atomic E-state index is 11.7. The maximum Gasteiger partial charge on any atom is 0.270 e. The minimum Gasteiger partial charge on any atom is -0.268 e. The highest BCUT2D eigenvalue weighted by Gasteiger charge is 2.03. The standard InChI is InChI=1S/C12H12N2O/c1-10-4-6-11(7-5-10)12(15)13-14-8-2-3-9-14/h2-9H,1H3,(H,13,15). The van der Waals surface area contributed by atoms with Crippen LogP contribution < -0.4 is 5.43 Å². The van der Waals surface area contributed by atoms with Crippen LogP contribution in [0.5, 0.6) is 0 Å². The van der Waals surface area contributed by atoms with E-state index in [0.29, 0.717) is 5.56 Å². The van der Waals surface area contributed by atoms with Gasteiger partial charge < -0.3 is 0 Å². The van der Waals surface area contributed by atoms with Gasteiger partial charge in [-0.25, -0.2) is 0 Å². The summed E-state index contributed by atoms with van der Waals surface area (Å²) in [5, 5.41) is 0. The third-order valence-electron chi connectivity index (χ3n) is 2.15. The molecule has 0 saturated carbocycles. The highest BCUT2D eigenvalue weighted by atomic mass is 16.2. The fraction of sp³-hybridized carbons (Fsp3) is 0.0833. The molecule has 0 spiro atoms. The van der Waals surface area contributed by atoms with Crippen LogP contribution in [0.3, 0.4) is 0 Å². The second-order valence-electron chi connectivity index (χ2n) is 3.40. The van der Waals surface area contributed by atoms with Gasteiger partial charge >= 0.3 is 0 Å². The van der Waals surface area contributed by atoms with Crippen LogP contribution in [0.1, 0.15) is 15.9 Å². The van der Waals surface area contributed by atoms with Crippen molar-refractivity contribution in [1.29, 1.82) is 0 Å². The van der Waals surface area contributed by atoms with Crippen LogP contribution in [0, 0.1) is 6.92 Å². The summed E-state index contributed by atoms with van der Waals surface area (Å²) in [7, 11) is 0. The summed E-state index contributed by atoms with van der Waals surface area (Å²) < 4.78 is 1.63. The first-order valence-corrected chi connectivity index (χ1v) is 4.77. The molecular formula is C12H12N2O. The van der Waals surface area contributed by atoms with E-state index in [1.807, 2.05) is 43.3 Å². The van der Waals surface area contributed by atoms with Crippen molar-refractivity contribution in [3.05, 3.63) is 59.9 Å². The number of nitrogens with zero attached hydrogens (tertiary/aromatic N) is 1. The molecule has 0 unspecified atom stereocenters. The summed E-state index contributed by atoms with van der Waals surface area (Å²) in [6, 6.07) is 11.2. The Morgan fingerprint density at radius 2 is 1.73 bits per heavy atom. The number of carbonyl (C=O) groups excluding carboxylic acids is 1. The molecule has 0 aliphatic heterocycles. The topological polar surface area (TPSA) is 34.0 Å². The van der Waals surface area contributed by atoms with Crippen LogP contribution in [0.2, 0.25) is 0 Å². The number of benzene rings is 1. The number of hydrogen-bond donors (Lipinski definition) is 1. The zero-order chi connectivity index (χ0) is 10.7. The van der Waals surface area contributed by atoms with Crippen molar-refractivity contribution in [2.75, 3.05) is 5.43 Å². The number of aromatic nitrogens is 1. The molecule has 1 N–H and O–H groups in total. The SMILES string of the molecule is Cc1ccc(C(=O)Nn2cccc2)cc1. The molecule has 1 aromatic carbocycles. The van der Waals surface area contributed by atoms with E-state index in [-0.39, 0.29) is 5.91 Å². The number of aryl methyl sites for hydroxylation is 1. The Labute approximate surface area is 88.3 Å². The average Bonchev–Trinajstić information content (AvgIpc) is 2.71. The molecule has 0 radical (unpaired) electrons. The summed E-state index contributed by atoms with van der Waals surface area (Å²) in [5.41, 5.74) is 4.54. The van der Waals surface area contributed by atoms with E-state index < -0.39 is 0 Å². The lowest BCUT2D eigenvalue weighted by Gasteiger charge is -2.05. The average molecular weight is 200 g/mol. The van der Waals surface area contributed by atoms with E-state index in [0.717, 1.165) is 5.56 Å². The predicted octanol–water partition coefficient (Wildman–Crippen LogP) is 2.18. The molecule has 1 aromatic heterocycles. The van der Waals surface area contributed by atoms with Gasteiger partial charge in [-0.2, -0.15) is 0 Å². The molecule has 0 aliphatic carbocycles. The van der Waals surface area contributed by atoms with Gasteiger partial charge in [0.2, 0.25) is 0 Å². The minimum absolute atomic E-state index is 0.105. The molecule has 1 amide bonds. The lowest BCUT2D eigenvalue weighted by Crippen LogP contribution is -2.21. The van der Waals surface area contributed by atoms with Gasteiger partial charge in [0.25, 0.3) is 5.91 Å². The lowest BCUT2D eigenvalue weighted by atomic mass is 10.1. The van der Waals surface area contributed by atoms with Gasteiger partial charge in [0.05, 0.1) is 0 Å². The zero-order valence-corrected chi connectivity index (χ0v) is 8.47. The molecule has 76 valence electrons. The summed E-state index contributed by atoms with van der Waals surface area (Å²) in [6.07, 6.45) is 3.57. The highest BCUT2D eigenvalue weighted by molar-refractivity contribution is 5.99. The first-order valence-electron chi connectivity index (χ1n) is 4.77. The molecule has 0 aliphatic rings. The number of hydrogen-bond acceptors (Lipinski definition) is 1. The van der Waals surface area contributed by atoms with E-state index in [4.69, 9.17) is 0 Å². The van der Waals surface area contributed by atoms with Crippen molar-refractivity contribution < 1.29 is 4.79 Å². The van der Waals surface area contributed by atoms with Crippen molar-refractivity contribution in [3.8, 4) is 0 Å². The fourth-order valence-electron chi connectivity index (χ4n) is 1.30. The normalized spacial score (nSPS) is 9.93. The van der Waals surface area contributed by atoms with Gasteiger partial charge in [0.1, 0.15) is 0 Å². The predicted molar refractivity (Wildman–Crippen MR) is 59.3 cm³/mol. The number of nitrogens with one attached hydrogen (secondary N) is 1. The highest BCUT2D eigenvalue weighted by Crippen LogP contribution is 2.03. The largest absolute Gasteiger partial charge is 0.270 e. The van der Waals surface area contributed by atoms with Gasteiger partial charge in [-0.05, 0) is 31.2 Å². The van der Waals surface area contributed by atoms with Gasteiger partial charge in [0.15, 0.2) is 0 Å². The molecule has 0 atom stereocenters. The van der Waals surface area contributed by atoms with Crippen LogP contribution in [0.4, 0.5) is 0 Å². The summed E-state index contributed by atoms with van der Waals surface area (Å²) in [5.74, 6) is -0.105. The summed E-state index contributed by atoms with van der Waals surface area (Å²) in [6.45, 7) is 1.99. The molecule has 2 rings (SSSR count). The molecule has 3 heteroatoms. The second kappa shape index (κ2) is 4.00. The molecule has 2 aromatic rings. The Morgan fingerprint density at radius 3 is 2.33 bits per heavy atom. The van der Waals surface area contributed by atoms with Gasteiger partial charge in [-0.3, -0.25) is 14.9 Å². The Hall–Kier alpha value is -2.03. The monoisotopic (exact) mass is 200 g/mol. The van der Waals surface area contributed by atoms with E-state index in [2.05, 4.69) is 5.43 Å². The molecule has 0 bridgehead atoms.